The number of carbonyl (C=O) groups excluding carboxylic acids is 1. The number of nitrogens with one attached hydrogen (secondary N) is 2. The van der Waals surface area contributed by atoms with Gasteiger partial charge in [-0.2, -0.15) is 5.10 Å². The van der Waals surface area contributed by atoms with Gasteiger partial charge in [0.15, 0.2) is 17.3 Å². The number of carbonyl (C=O) groups is 1. The van der Waals surface area contributed by atoms with Crippen LogP contribution >= 0.6 is 0 Å². The predicted molar refractivity (Wildman–Crippen MR) is 68.3 cm³/mol. The number of hydrogen-bond donors (Lipinski definition) is 2. The molecule has 1 aromatic carbocycles. The van der Waals surface area contributed by atoms with E-state index in [9.17, 15) is 4.79 Å². The van der Waals surface area contributed by atoms with Gasteiger partial charge in [-0.25, -0.2) is 4.98 Å². The second-order valence-electron chi connectivity index (χ2n) is 3.66. The molecule has 0 aliphatic rings. The normalized spacial score (nSPS) is 10.1. The van der Waals surface area contributed by atoms with Crippen LogP contribution in [0.4, 0.5) is 0 Å². The molecule has 0 unspecified atom stereocenters. The number of benzene rings is 1. The minimum Gasteiger partial charge on any atom is -0.493 e. The molecule has 1 amide bonds. The van der Waals surface area contributed by atoms with E-state index < -0.39 is 0 Å². The van der Waals surface area contributed by atoms with E-state index >= 15 is 0 Å². The molecule has 19 heavy (non-hydrogen) atoms. The average molecular weight is 262 g/mol. The predicted octanol–water partition coefficient (Wildman–Crippen LogP) is 0.848. The number of rotatable bonds is 4. The summed E-state index contributed by atoms with van der Waals surface area (Å²) in [5, 5.41) is 9.04. The van der Waals surface area contributed by atoms with Gasteiger partial charge < -0.3 is 14.8 Å². The number of aromatic amines is 1. The maximum Gasteiger partial charge on any atom is 0.288 e. The molecular formula is C12H14N4O3. The molecule has 1 heterocycles. The first-order valence-electron chi connectivity index (χ1n) is 5.56. The third kappa shape index (κ3) is 2.49. The van der Waals surface area contributed by atoms with E-state index in [1.54, 1.807) is 32.4 Å². The fourth-order valence-electron chi connectivity index (χ4n) is 1.59. The summed E-state index contributed by atoms with van der Waals surface area (Å²) in [6.45, 7) is 0. The molecule has 1 aromatic heterocycles. The van der Waals surface area contributed by atoms with E-state index in [-0.39, 0.29) is 11.7 Å². The van der Waals surface area contributed by atoms with E-state index in [0.29, 0.717) is 17.3 Å². The van der Waals surface area contributed by atoms with Crippen molar-refractivity contribution in [2.24, 2.45) is 0 Å². The molecule has 7 heteroatoms. The topological polar surface area (TPSA) is 89.1 Å². The van der Waals surface area contributed by atoms with Crippen LogP contribution in [0, 0.1) is 0 Å². The van der Waals surface area contributed by atoms with Crippen molar-refractivity contribution in [1.29, 1.82) is 0 Å². The second-order valence-corrected chi connectivity index (χ2v) is 3.66. The maximum absolute atomic E-state index is 11.4. The molecule has 2 rings (SSSR count). The fraction of sp³-hybridized carbons (Fsp3) is 0.250. The molecule has 0 spiro atoms. The minimum atomic E-state index is -0.320. The van der Waals surface area contributed by atoms with E-state index in [1.165, 1.54) is 7.05 Å². The maximum atomic E-state index is 11.4. The largest absolute Gasteiger partial charge is 0.493 e. The van der Waals surface area contributed by atoms with Gasteiger partial charge in [0.25, 0.3) is 5.91 Å². The number of methoxy groups -OCH3 is 2. The lowest BCUT2D eigenvalue weighted by Crippen LogP contribution is -2.19. The van der Waals surface area contributed by atoms with Crippen LogP contribution < -0.4 is 14.8 Å². The van der Waals surface area contributed by atoms with Gasteiger partial charge in [0, 0.05) is 12.6 Å². The van der Waals surface area contributed by atoms with Crippen LogP contribution in [-0.4, -0.2) is 42.4 Å². The molecule has 7 nitrogen and oxygen atoms in total. The Labute approximate surface area is 110 Å². The lowest BCUT2D eigenvalue weighted by atomic mass is 10.2. The van der Waals surface area contributed by atoms with Crippen LogP contribution in [0.2, 0.25) is 0 Å². The third-order valence-electron chi connectivity index (χ3n) is 2.57. The van der Waals surface area contributed by atoms with Gasteiger partial charge in [0.1, 0.15) is 0 Å². The molecule has 0 aliphatic heterocycles. The summed E-state index contributed by atoms with van der Waals surface area (Å²) >= 11 is 0. The Morgan fingerprint density at radius 3 is 2.63 bits per heavy atom. The molecule has 100 valence electrons. The van der Waals surface area contributed by atoms with Crippen molar-refractivity contribution >= 4 is 5.91 Å². The lowest BCUT2D eigenvalue weighted by Gasteiger charge is -2.07. The summed E-state index contributed by atoms with van der Waals surface area (Å²) in [6, 6.07) is 5.29. The summed E-state index contributed by atoms with van der Waals surface area (Å²) in [7, 11) is 4.64. The highest BCUT2D eigenvalue weighted by Crippen LogP contribution is 2.30. The molecule has 0 saturated carbocycles. The number of nitrogens with zero attached hydrogens (tertiary/aromatic N) is 2. The van der Waals surface area contributed by atoms with Gasteiger partial charge in [0.05, 0.1) is 14.2 Å². The standard InChI is InChI=1S/C12H14N4O3/c1-13-12(17)11-14-10(15-16-11)7-4-5-8(18-2)9(6-7)19-3/h4-6H,1-3H3,(H,13,17)(H,14,15,16). The van der Waals surface area contributed by atoms with Crippen LogP contribution in [0.1, 0.15) is 10.6 Å². The van der Waals surface area contributed by atoms with Gasteiger partial charge in [-0.1, -0.05) is 0 Å². The Hall–Kier alpha value is -2.57. The van der Waals surface area contributed by atoms with Crippen molar-refractivity contribution in [3.8, 4) is 22.9 Å². The number of aromatic nitrogens is 3. The molecule has 2 aromatic rings. The molecule has 0 fully saturated rings. The Balaban J connectivity index is 2.36. The van der Waals surface area contributed by atoms with Gasteiger partial charge >= 0.3 is 0 Å². The summed E-state index contributed by atoms with van der Waals surface area (Å²) in [5.74, 6) is 1.45. The average Bonchev–Trinajstić information content (AvgIpc) is 2.95. The van der Waals surface area contributed by atoms with E-state index in [0.717, 1.165) is 5.56 Å². The van der Waals surface area contributed by atoms with E-state index in [2.05, 4.69) is 20.5 Å². The zero-order valence-electron chi connectivity index (χ0n) is 10.9. The molecule has 0 saturated heterocycles. The fourth-order valence-corrected chi connectivity index (χ4v) is 1.59. The van der Waals surface area contributed by atoms with Crippen LogP contribution in [0.25, 0.3) is 11.4 Å². The Morgan fingerprint density at radius 2 is 2.00 bits per heavy atom. The SMILES string of the molecule is CNC(=O)c1nc(-c2ccc(OC)c(OC)c2)n[nH]1. The summed E-state index contributed by atoms with van der Waals surface area (Å²) in [4.78, 5) is 15.5. The first kappa shape index (κ1) is 12.9. The minimum absolute atomic E-state index is 0.160. The molecule has 0 atom stereocenters. The van der Waals surface area contributed by atoms with Crippen molar-refractivity contribution in [3.63, 3.8) is 0 Å². The highest BCUT2D eigenvalue weighted by Gasteiger charge is 2.13. The van der Waals surface area contributed by atoms with E-state index in [1.807, 2.05) is 0 Å². The van der Waals surface area contributed by atoms with Gasteiger partial charge in [0.2, 0.25) is 5.82 Å². The van der Waals surface area contributed by atoms with Crippen molar-refractivity contribution < 1.29 is 14.3 Å². The molecule has 0 aliphatic carbocycles. The number of ether oxygens (including phenoxy) is 2. The van der Waals surface area contributed by atoms with Crippen molar-refractivity contribution in [2.45, 2.75) is 0 Å². The lowest BCUT2D eigenvalue weighted by molar-refractivity contribution is 0.0953. The first-order chi connectivity index (χ1) is 9.19. The smallest absolute Gasteiger partial charge is 0.288 e. The monoisotopic (exact) mass is 262 g/mol. The van der Waals surface area contributed by atoms with Gasteiger partial charge in [-0.05, 0) is 18.2 Å². The third-order valence-corrected chi connectivity index (χ3v) is 2.57. The van der Waals surface area contributed by atoms with Crippen LogP contribution in [0.3, 0.4) is 0 Å². The Morgan fingerprint density at radius 1 is 1.26 bits per heavy atom. The second kappa shape index (κ2) is 5.38. The van der Waals surface area contributed by atoms with Crippen LogP contribution in [-0.2, 0) is 0 Å². The van der Waals surface area contributed by atoms with Gasteiger partial charge in [-0.3, -0.25) is 9.89 Å². The zero-order chi connectivity index (χ0) is 13.8. The summed E-state index contributed by atoms with van der Waals surface area (Å²) in [5.41, 5.74) is 0.726. The molecule has 0 radical (unpaired) electrons. The summed E-state index contributed by atoms with van der Waals surface area (Å²) in [6.07, 6.45) is 0. The zero-order valence-corrected chi connectivity index (χ0v) is 10.9. The Kier molecular flexibility index (Phi) is 3.65. The molecular weight excluding hydrogens is 248 g/mol. The summed E-state index contributed by atoms with van der Waals surface area (Å²) < 4.78 is 10.4. The van der Waals surface area contributed by atoms with Gasteiger partial charge in [-0.15, -0.1) is 0 Å². The number of amides is 1. The quantitative estimate of drug-likeness (QED) is 0.852. The van der Waals surface area contributed by atoms with E-state index in [4.69, 9.17) is 9.47 Å². The number of H-pyrrole nitrogens is 1. The highest BCUT2D eigenvalue weighted by atomic mass is 16.5. The highest BCUT2D eigenvalue weighted by molar-refractivity contribution is 5.90. The number of hydrogen-bond acceptors (Lipinski definition) is 5. The van der Waals surface area contributed by atoms with Crippen molar-refractivity contribution in [3.05, 3.63) is 24.0 Å². The van der Waals surface area contributed by atoms with Crippen LogP contribution in [0.15, 0.2) is 18.2 Å². The first-order valence-corrected chi connectivity index (χ1v) is 5.56. The molecule has 0 bridgehead atoms. The van der Waals surface area contributed by atoms with Crippen molar-refractivity contribution in [1.82, 2.24) is 20.5 Å². The Bertz CT molecular complexity index is 594. The molecule has 2 N–H and O–H groups in total. The van der Waals surface area contributed by atoms with Crippen LogP contribution in [0.5, 0.6) is 11.5 Å². The van der Waals surface area contributed by atoms with Crippen molar-refractivity contribution in [2.75, 3.05) is 21.3 Å².